The van der Waals surface area contributed by atoms with Crippen molar-refractivity contribution in [3.8, 4) is 5.75 Å². The van der Waals surface area contributed by atoms with Crippen LogP contribution in [-0.2, 0) is 11.2 Å². The van der Waals surface area contributed by atoms with Gasteiger partial charge in [0.05, 0.1) is 24.5 Å². The van der Waals surface area contributed by atoms with Gasteiger partial charge in [-0.15, -0.1) is 24.0 Å². The van der Waals surface area contributed by atoms with Gasteiger partial charge in [0.25, 0.3) is 0 Å². The van der Waals surface area contributed by atoms with Gasteiger partial charge in [0.1, 0.15) is 11.5 Å². The second-order valence-corrected chi connectivity index (χ2v) is 9.70. The Balaban J connectivity index is 0.00000245. The number of thioether (sulfide) groups is 1. The molecule has 6 nitrogen and oxygen atoms in total. The number of para-hydroxylation sites is 1. The van der Waals surface area contributed by atoms with Crippen molar-refractivity contribution in [2.75, 3.05) is 31.3 Å². The molecule has 32 heavy (non-hydrogen) atoms. The molecule has 4 heterocycles. The van der Waals surface area contributed by atoms with E-state index in [1.165, 1.54) is 11.3 Å². The number of fused-ring (bicyclic) bond motifs is 1. The van der Waals surface area contributed by atoms with Crippen LogP contribution in [0.1, 0.15) is 43.0 Å². The zero-order valence-corrected chi connectivity index (χ0v) is 21.4. The first-order valence-electron chi connectivity index (χ1n) is 11.3. The van der Waals surface area contributed by atoms with Crippen LogP contribution in [0.2, 0.25) is 0 Å². The minimum absolute atomic E-state index is 0. The van der Waals surface area contributed by atoms with E-state index in [9.17, 15) is 0 Å². The van der Waals surface area contributed by atoms with Gasteiger partial charge < -0.3 is 24.5 Å². The van der Waals surface area contributed by atoms with Crippen LogP contribution in [-0.4, -0.2) is 48.9 Å². The van der Waals surface area contributed by atoms with Gasteiger partial charge in [-0.05, 0) is 43.2 Å². The van der Waals surface area contributed by atoms with Crippen LogP contribution < -0.4 is 15.4 Å². The highest BCUT2D eigenvalue weighted by Gasteiger charge is 2.40. The molecular formula is C24H32IN3O3S. The summed E-state index contributed by atoms with van der Waals surface area (Å²) in [5, 5.41) is 7.44. The fraction of sp³-hybridized carbons (Fsp3) is 0.542. The topological polar surface area (TPSA) is 68.0 Å². The first-order chi connectivity index (χ1) is 15.3. The molecule has 0 saturated carbocycles. The molecule has 0 radical (unpaired) electrons. The second kappa shape index (κ2) is 11.2. The Hall–Kier alpha value is -1.39. The van der Waals surface area contributed by atoms with Gasteiger partial charge in [0.2, 0.25) is 0 Å². The Morgan fingerprint density at radius 2 is 2.06 bits per heavy atom. The summed E-state index contributed by atoms with van der Waals surface area (Å²) in [6.07, 6.45) is 6.64. The Morgan fingerprint density at radius 3 is 2.91 bits per heavy atom. The normalized spacial score (nSPS) is 27.3. The van der Waals surface area contributed by atoms with Crippen LogP contribution in [0.4, 0.5) is 0 Å². The lowest BCUT2D eigenvalue weighted by atomic mass is 9.90. The SMILES string of the molecule is I.c1coc(CCN=C(NC2CCOC3(CCSC3)C2)NC2CCOc3ccccc32)c1. The molecule has 0 bridgehead atoms. The van der Waals surface area contributed by atoms with Crippen molar-refractivity contribution in [1.82, 2.24) is 10.6 Å². The Labute approximate surface area is 211 Å². The van der Waals surface area contributed by atoms with Crippen LogP contribution in [0.15, 0.2) is 52.1 Å². The zero-order chi connectivity index (χ0) is 20.9. The highest BCUT2D eigenvalue weighted by atomic mass is 127. The number of nitrogens with one attached hydrogen (secondary N) is 2. The zero-order valence-electron chi connectivity index (χ0n) is 18.3. The molecule has 0 aliphatic carbocycles. The quantitative estimate of drug-likeness (QED) is 0.313. The Kier molecular flexibility index (Phi) is 8.28. The maximum absolute atomic E-state index is 6.21. The molecule has 3 aliphatic rings. The lowest BCUT2D eigenvalue weighted by Crippen LogP contribution is -2.52. The van der Waals surface area contributed by atoms with Crippen molar-refractivity contribution in [2.24, 2.45) is 4.99 Å². The minimum Gasteiger partial charge on any atom is -0.493 e. The van der Waals surface area contributed by atoms with Crippen LogP contribution in [0.5, 0.6) is 5.75 Å². The number of nitrogens with zero attached hydrogens (tertiary/aromatic N) is 1. The maximum Gasteiger partial charge on any atom is 0.191 e. The van der Waals surface area contributed by atoms with Gasteiger partial charge in [0, 0.05) is 43.4 Å². The first kappa shape index (κ1) is 23.8. The second-order valence-electron chi connectivity index (χ2n) is 8.60. The van der Waals surface area contributed by atoms with Crippen molar-refractivity contribution in [1.29, 1.82) is 0 Å². The van der Waals surface area contributed by atoms with E-state index in [4.69, 9.17) is 18.9 Å². The Bertz CT molecular complexity index is 886. The lowest BCUT2D eigenvalue weighted by Gasteiger charge is -2.39. The molecule has 0 amide bonds. The van der Waals surface area contributed by atoms with E-state index in [1.807, 2.05) is 36.0 Å². The number of hydrogen-bond acceptors (Lipinski definition) is 5. The van der Waals surface area contributed by atoms with Crippen LogP contribution in [0, 0.1) is 0 Å². The summed E-state index contributed by atoms with van der Waals surface area (Å²) in [4.78, 5) is 4.92. The summed E-state index contributed by atoms with van der Waals surface area (Å²) in [6.45, 7) is 2.21. The van der Waals surface area contributed by atoms with Crippen LogP contribution in [0.3, 0.4) is 0 Å². The summed E-state index contributed by atoms with van der Waals surface area (Å²) >= 11 is 2.01. The molecule has 1 spiro atoms. The highest BCUT2D eigenvalue weighted by molar-refractivity contribution is 14.0. The molecule has 174 valence electrons. The van der Waals surface area contributed by atoms with E-state index in [2.05, 4.69) is 22.8 Å². The van der Waals surface area contributed by atoms with E-state index in [1.54, 1.807) is 6.26 Å². The van der Waals surface area contributed by atoms with Crippen molar-refractivity contribution >= 4 is 41.7 Å². The molecule has 8 heteroatoms. The number of halogens is 1. The van der Waals surface area contributed by atoms with Gasteiger partial charge in [-0.1, -0.05) is 18.2 Å². The fourth-order valence-corrected chi connectivity index (χ4v) is 6.11. The van der Waals surface area contributed by atoms with Gasteiger partial charge in [-0.2, -0.15) is 11.8 Å². The van der Waals surface area contributed by atoms with Crippen LogP contribution >= 0.6 is 35.7 Å². The summed E-state index contributed by atoms with van der Waals surface area (Å²) in [5.74, 6) is 5.12. The maximum atomic E-state index is 6.21. The van der Waals surface area contributed by atoms with E-state index in [0.717, 1.165) is 61.9 Å². The lowest BCUT2D eigenvalue weighted by molar-refractivity contribution is -0.0679. The van der Waals surface area contributed by atoms with Gasteiger partial charge in [0.15, 0.2) is 5.96 Å². The molecule has 3 unspecified atom stereocenters. The monoisotopic (exact) mass is 569 g/mol. The van der Waals surface area contributed by atoms with Crippen molar-refractivity contribution in [2.45, 2.75) is 49.8 Å². The number of aliphatic imine (C=N–C) groups is 1. The van der Waals surface area contributed by atoms with E-state index >= 15 is 0 Å². The number of guanidine groups is 1. The average Bonchev–Trinajstić information content (AvgIpc) is 3.47. The smallest absolute Gasteiger partial charge is 0.191 e. The molecule has 1 aromatic heterocycles. The van der Waals surface area contributed by atoms with Gasteiger partial charge in [-0.25, -0.2) is 0 Å². The van der Waals surface area contributed by atoms with E-state index in [0.29, 0.717) is 19.2 Å². The molecule has 2 saturated heterocycles. The van der Waals surface area contributed by atoms with Gasteiger partial charge in [-0.3, -0.25) is 4.99 Å². The van der Waals surface area contributed by atoms with Crippen molar-refractivity contribution in [3.05, 3.63) is 54.0 Å². The molecule has 3 aliphatic heterocycles. The van der Waals surface area contributed by atoms with Crippen LogP contribution in [0.25, 0.3) is 0 Å². The number of rotatable bonds is 5. The standard InChI is InChI=1S/C24H31N3O3S.HI/c1-2-6-22-20(5-1)21(9-13-29-22)27-23(25-11-7-19-4-3-12-28-19)26-18-8-14-30-24(16-18)10-15-31-17-24;/h1-6,12,18,21H,7-11,13-17H2,(H2,25,26,27);1H. The van der Waals surface area contributed by atoms with Crippen molar-refractivity contribution in [3.63, 3.8) is 0 Å². The molecule has 2 fully saturated rings. The number of benzene rings is 1. The average molecular weight is 570 g/mol. The number of hydrogen-bond donors (Lipinski definition) is 2. The summed E-state index contributed by atoms with van der Waals surface area (Å²) in [7, 11) is 0. The largest absolute Gasteiger partial charge is 0.493 e. The summed E-state index contributed by atoms with van der Waals surface area (Å²) in [6, 6.07) is 12.8. The molecule has 1 aromatic carbocycles. The van der Waals surface area contributed by atoms with Gasteiger partial charge >= 0.3 is 0 Å². The molecule has 2 aromatic rings. The first-order valence-corrected chi connectivity index (χ1v) is 12.5. The summed E-state index contributed by atoms with van der Waals surface area (Å²) < 4.78 is 17.5. The molecule has 2 N–H and O–H groups in total. The third-order valence-corrected chi connectivity index (χ3v) is 7.60. The Morgan fingerprint density at radius 1 is 1.12 bits per heavy atom. The molecular weight excluding hydrogens is 537 g/mol. The predicted octanol–water partition coefficient (Wildman–Crippen LogP) is 4.55. The number of ether oxygens (including phenoxy) is 2. The van der Waals surface area contributed by atoms with E-state index in [-0.39, 0.29) is 35.6 Å². The molecule has 5 rings (SSSR count). The molecule has 3 atom stereocenters. The predicted molar refractivity (Wildman–Crippen MR) is 139 cm³/mol. The van der Waals surface area contributed by atoms with Crippen molar-refractivity contribution < 1.29 is 13.9 Å². The fourth-order valence-electron chi connectivity index (χ4n) is 4.73. The number of furan rings is 1. The minimum atomic E-state index is 0. The third-order valence-electron chi connectivity index (χ3n) is 6.38. The highest BCUT2D eigenvalue weighted by Crippen LogP contribution is 2.38. The van der Waals surface area contributed by atoms with E-state index < -0.39 is 0 Å². The third kappa shape index (κ3) is 5.75. The summed E-state index contributed by atoms with van der Waals surface area (Å²) in [5.41, 5.74) is 1.25.